The van der Waals surface area contributed by atoms with Crippen molar-refractivity contribution < 1.29 is 5.11 Å². The molecule has 1 aliphatic rings. The first-order valence-electron chi connectivity index (χ1n) is 8.39. The third kappa shape index (κ3) is 5.01. The third-order valence-corrected chi connectivity index (χ3v) is 4.79. The first-order valence-corrected chi connectivity index (χ1v) is 8.39. The minimum atomic E-state index is 0.0141. The van der Waals surface area contributed by atoms with Crippen molar-refractivity contribution in [3.63, 3.8) is 0 Å². The lowest BCUT2D eigenvalue weighted by molar-refractivity contribution is 0.0383. The largest absolute Gasteiger partial charge is 0.395 e. The number of hydrogen-bond acceptors (Lipinski definition) is 3. The fourth-order valence-corrected chi connectivity index (χ4v) is 3.26. The van der Waals surface area contributed by atoms with E-state index in [4.69, 9.17) is 5.73 Å². The molecule has 120 valence electrons. The van der Waals surface area contributed by atoms with Gasteiger partial charge < -0.3 is 10.8 Å². The number of nitrogens with two attached hydrogens (primary N) is 1. The minimum Gasteiger partial charge on any atom is -0.395 e. The standard InChI is InChI=1S/C17H36N2O/c1-13(2)10-11-19(14-8-6-7-9-14)15(12-20)16(18)17(3,4)5/h13-16,20H,6-12,18H2,1-5H3. The molecule has 0 aromatic rings. The van der Waals surface area contributed by atoms with Crippen LogP contribution in [0.4, 0.5) is 0 Å². The van der Waals surface area contributed by atoms with Gasteiger partial charge in [0.15, 0.2) is 0 Å². The van der Waals surface area contributed by atoms with Crippen LogP contribution < -0.4 is 5.73 Å². The Morgan fingerprint density at radius 1 is 1.20 bits per heavy atom. The van der Waals surface area contributed by atoms with E-state index in [1.165, 1.54) is 32.1 Å². The second kappa shape index (κ2) is 7.77. The predicted octanol–water partition coefficient (Wildman–Crippen LogP) is 3.01. The van der Waals surface area contributed by atoms with E-state index in [9.17, 15) is 5.11 Å². The highest BCUT2D eigenvalue weighted by Crippen LogP contribution is 2.30. The average Bonchev–Trinajstić information content (AvgIpc) is 2.85. The summed E-state index contributed by atoms with van der Waals surface area (Å²) < 4.78 is 0. The maximum absolute atomic E-state index is 9.93. The molecular formula is C17H36N2O. The number of rotatable bonds is 7. The highest BCUT2D eigenvalue weighted by atomic mass is 16.3. The molecule has 3 N–H and O–H groups in total. The van der Waals surface area contributed by atoms with Crippen LogP contribution in [0.5, 0.6) is 0 Å². The summed E-state index contributed by atoms with van der Waals surface area (Å²) >= 11 is 0. The van der Waals surface area contributed by atoms with Gasteiger partial charge in [0.05, 0.1) is 6.61 Å². The molecule has 1 rings (SSSR count). The Hall–Kier alpha value is -0.120. The molecule has 20 heavy (non-hydrogen) atoms. The van der Waals surface area contributed by atoms with Gasteiger partial charge in [-0.1, -0.05) is 47.5 Å². The maximum atomic E-state index is 9.93. The topological polar surface area (TPSA) is 49.5 Å². The summed E-state index contributed by atoms with van der Waals surface area (Å²) in [4.78, 5) is 2.53. The van der Waals surface area contributed by atoms with Crippen LogP contribution in [0.1, 0.15) is 66.7 Å². The van der Waals surface area contributed by atoms with Crippen LogP contribution in [0, 0.1) is 11.3 Å². The van der Waals surface area contributed by atoms with E-state index in [2.05, 4.69) is 39.5 Å². The summed E-state index contributed by atoms with van der Waals surface area (Å²) in [6, 6.07) is 0.733. The van der Waals surface area contributed by atoms with E-state index in [0.717, 1.165) is 6.54 Å². The highest BCUT2D eigenvalue weighted by Gasteiger charge is 2.36. The average molecular weight is 284 g/mol. The molecule has 0 radical (unpaired) electrons. The van der Waals surface area contributed by atoms with Crippen LogP contribution in [0.3, 0.4) is 0 Å². The van der Waals surface area contributed by atoms with Gasteiger partial charge in [0.1, 0.15) is 0 Å². The normalized spacial score (nSPS) is 20.9. The zero-order valence-corrected chi connectivity index (χ0v) is 14.2. The van der Waals surface area contributed by atoms with Crippen LogP contribution in [-0.2, 0) is 0 Å². The summed E-state index contributed by atoms with van der Waals surface area (Å²) in [6.07, 6.45) is 6.37. The monoisotopic (exact) mass is 284 g/mol. The lowest BCUT2D eigenvalue weighted by Gasteiger charge is -2.43. The molecular weight excluding hydrogens is 248 g/mol. The summed E-state index contributed by atoms with van der Waals surface area (Å²) in [5.74, 6) is 0.698. The summed E-state index contributed by atoms with van der Waals surface area (Å²) in [6.45, 7) is 12.3. The fourth-order valence-electron chi connectivity index (χ4n) is 3.26. The van der Waals surface area contributed by atoms with E-state index in [0.29, 0.717) is 12.0 Å². The SMILES string of the molecule is CC(C)CCN(C1CCCC1)C(CO)C(N)C(C)(C)C. The van der Waals surface area contributed by atoms with E-state index in [1.54, 1.807) is 0 Å². The van der Waals surface area contributed by atoms with Crippen LogP contribution in [0.25, 0.3) is 0 Å². The third-order valence-electron chi connectivity index (χ3n) is 4.79. The van der Waals surface area contributed by atoms with Crippen LogP contribution in [-0.4, -0.2) is 41.3 Å². The molecule has 1 fully saturated rings. The lowest BCUT2D eigenvalue weighted by atomic mass is 9.82. The van der Waals surface area contributed by atoms with Crippen molar-refractivity contribution >= 4 is 0 Å². The summed E-state index contributed by atoms with van der Waals surface area (Å²) in [5, 5.41) is 9.93. The minimum absolute atomic E-state index is 0.0141. The molecule has 0 aliphatic heterocycles. The second-order valence-electron chi connectivity index (χ2n) is 8.00. The zero-order chi connectivity index (χ0) is 15.3. The number of nitrogens with zero attached hydrogens (tertiary/aromatic N) is 1. The second-order valence-corrected chi connectivity index (χ2v) is 8.00. The number of hydrogen-bond donors (Lipinski definition) is 2. The lowest BCUT2D eigenvalue weighted by Crippen LogP contribution is -2.58. The van der Waals surface area contributed by atoms with Gasteiger partial charge in [-0.3, -0.25) is 4.90 Å². The number of aliphatic hydroxyl groups excluding tert-OH is 1. The smallest absolute Gasteiger partial charge is 0.0602 e. The van der Waals surface area contributed by atoms with Gasteiger partial charge in [-0.05, 0) is 37.1 Å². The van der Waals surface area contributed by atoms with Gasteiger partial charge in [0, 0.05) is 18.1 Å². The fraction of sp³-hybridized carbons (Fsp3) is 1.00. The van der Waals surface area contributed by atoms with E-state index >= 15 is 0 Å². The van der Waals surface area contributed by atoms with Crippen molar-refractivity contribution in [2.45, 2.75) is 84.8 Å². The first-order chi connectivity index (χ1) is 9.27. The van der Waals surface area contributed by atoms with E-state index < -0.39 is 0 Å². The first kappa shape index (κ1) is 17.9. The molecule has 0 bridgehead atoms. The molecule has 2 atom stereocenters. The molecule has 0 saturated heterocycles. The summed E-state index contributed by atoms with van der Waals surface area (Å²) in [5.41, 5.74) is 6.51. The van der Waals surface area contributed by atoms with Crippen molar-refractivity contribution in [3.05, 3.63) is 0 Å². The highest BCUT2D eigenvalue weighted by molar-refractivity contribution is 4.93. The molecule has 0 aromatic heterocycles. The van der Waals surface area contributed by atoms with E-state index in [-0.39, 0.29) is 24.1 Å². The Morgan fingerprint density at radius 3 is 2.15 bits per heavy atom. The Kier molecular flexibility index (Phi) is 6.96. The molecule has 0 heterocycles. The molecule has 3 heteroatoms. The van der Waals surface area contributed by atoms with Gasteiger partial charge in [0.2, 0.25) is 0 Å². The summed E-state index contributed by atoms with van der Waals surface area (Å²) in [7, 11) is 0. The Balaban J connectivity index is 2.81. The molecule has 1 saturated carbocycles. The Morgan fingerprint density at radius 2 is 1.75 bits per heavy atom. The van der Waals surface area contributed by atoms with E-state index in [1.807, 2.05) is 0 Å². The maximum Gasteiger partial charge on any atom is 0.0602 e. The van der Waals surface area contributed by atoms with Crippen molar-refractivity contribution in [2.75, 3.05) is 13.2 Å². The molecule has 0 spiro atoms. The van der Waals surface area contributed by atoms with Gasteiger partial charge >= 0.3 is 0 Å². The van der Waals surface area contributed by atoms with Gasteiger partial charge in [-0.2, -0.15) is 0 Å². The Labute approximate surface area is 125 Å². The van der Waals surface area contributed by atoms with Gasteiger partial charge in [0.25, 0.3) is 0 Å². The quantitative estimate of drug-likeness (QED) is 0.755. The van der Waals surface area contributed by atoms with Crippen molar-refractivity contribution in [1.82, 2.24) is 4.90 Å². The van der Waals surface area contributed by atoms with Crippen LogP contribution in [0.2, 0.25) is 0 Å². The molecule has 3 nitrogen and oxygen atoms in total. The number of aliphatic hydroxyl groups is 1. The zero-order valence-electron chi connectivity index (χ0n) is 14.2. The molecule has 0 amide bonds. The Bertz CT molecular complexity index is 267. The van der Waals surface area contributed by atoms with Crippen molar-refractivity contribution in [3.8, 4) is 0 Å². The molecule has 1 aliphatic carbocycles. The van der Waals surface area contributed by atoms with Gasteiger partial charge in [-0.25, -0.2) is 0 Å². The van der Waals surface area contributed by atoms with Crippen LogP contribution in [0.15, 0.2) is 0 Å². The molecule has 0 aromatic carbocycles. The predicted molar refractivity (Wildman–Crippen MR) is 86.7 cm³/mol. The van der Waals surface area contributed by atoms with Crippen molar-refractivity contribution in [1.29, 1.82) is 0 Å². The van der Waals surface area contributed by atoms with Crippen LogP contribution >= 0.6 is 0 Å². The van der Waals surface area contributed by atoms with Crippen molar-refractivity contribution in [2.24, 2.45) is 17.1 Å². The molecule has 2 unspecified atom stereocenters. The van der Waals surface area contributed by atoms with Gasteiger partial charge in [-0.15, -0.1) is 0 Å².